The van der Waals surface area contributed by atoms with Crippen LogP contribution in [0.3, 0.4) is 0 Å². The maximum Gasteiger partial charge on any atom is 0.253 e. The molecule has 1 aromatic heterocycles. The fourth-order valence-electron chi connectivity index (χ4n) is 5.53. The summed E-state index contributed by atoms with van der Waals surface area (Å²) in [5, 5.41) is 19.8. The molecule has 0 aliphatic carbocycles. The summed E-state index contributed by atoms with van der Waals surface area (Å²) in [6.07, 6.45) is 3.29. The van der Waals surface area contributed by atoms with Crippen molar-refractivity contribution in [1.29, 1.82) is 0 Å². The van der Waals surface area contributed by atoms with Crippen LogP contribution in [0.2, 0.25) is 0 Å². The number of hydrogen-bond donors (Lipinski definition) is 5. The quantitative estimate of drug-likeness (QED) is 0.289. The molecule has 2 amide bonds. The lowest BCUT2D eigenvalue weighted by Gasteiger charge is -2.15. The third-order valence-corrected chi connectivity index (χ3v) is 7.81. The van der Waals surface area contributed by atoms with Gasteiger partial charge in [0.2, 0.25) is 0 Å². The fraction of sp³-hybridized carbons (Fsp3) is 0.355. The van der Waals surface area contributed by atoms with E-state index in [-0.39, 0.29) is 23.7 Å². The van der Waals surface area contributed by atoms with E-state index in [0.717, 1.165) is 42.1 Å². The summed E-state index contributed by atoms with van der Waals surface area (Å²) in [5.41, 5.74) is 6.14. The summed E-state index contributed by atoms with van der Waals surface area (Å²) in [6, 6.07) is 10.9. The number of aliphatic hydroxyl groups excluding tert-OH is 1. The highest BCUT2D eigenvalue weighted by atomic mass is 19.1. The molecule has 3 aromatic rings. The third kappa shape index (κ3) is 5.80. The maximum absolute atomic E-state index is 13.3. The molecule has 1 saturated heterocycles. The van der Waals surface area contributed by atoms with E-state index in [4.69, 9.17) is 0 Å². The number of aromatic amines is 1. The second-order valence-corrected chi connectivity index (χ2v) is 10.6. The Morgan fingerprint density at radius 3 is 2.58 bits per heavy atom. The first kappa shape index (κ1) is 27.6. The van der Waals surface area contributed by atoms with Gasteiger partial charge in [-0.25, -0.2) is 4.39 Å². The van der Waals surface area contributed by atoms with Gasteiger partial charge in [0.15, 0.2) is 6.23 Å². The zero-order chi connectivity index (χ0) is 28.4. The molecular weight excluding hydrogens is 509 g/mol. The Morgan fingerprint density at radius 2 is 1.85 bits per heavy atom. The Hall–Kier alpha value is -3.95. The molecule has 5 rings (SSSR count). The summed E-state index contributed by atoms with van der Waals surface area (Å²) in [6.45, 7) is 9.21. The van der Waals surface area contributed by atoms with Gasteiger partial charge in [0.05, 0.1) is 11.6 Å². The van der Waals surface area contributed by atoms with E-state index < -0.39 is 6.23 Å². The fourth-order valence-corrected chi connectivity index (χ4v) is 5.53. The zero-order valence-electron chi connectivity index (χ0n) is 23.1. The van der Waals surface area contributed by atoms with E-state index in [1.807, 2.05) is 26.8 Å². The van der Waals surface area contributed by atoms with E-state index in [1.54, 1.807) is 30.3 Å². The average Bonchev–Trinajstić information content (AvgIpc) is 3.62. The maximum atomic E-state index is 13.3. The monoisotopic (exact) mass is 545 g/mol. The SMILES string of the molecule is Cc1[nH]c(C=C2c3cc(C(=O)NC(C)c4ccc(F)cc4)ccc3NC2O)c(C)c1C(=O)NCCN1CCCC1. The number of fused-ring (bicyclic) bond motifs is 1. The minimum atomic E-state index is -0.966. The first-order valence-electron chi connectivity index (χ1n) is 13.8. The molecule has 0 bridgehead atoms. The van der Waals surface area contributed by atoms with E-state index in [9.17, 15) is 19.1 Å². The molecule has 0 saturated carbocycles. The molecule has 2 atom stereocenters. The number of benzene rings is 2. The number of rotatable bonds is 8. The van der Waals surface area contributed by atoms with Gasteiger partial charge in [0, 0.05) is 46.9 Å². The van der Waals surface area contributed by atoms with Crippen LogP contribution in [0.1, 0.15) is 74.6 Å². The Bertz CT molecular complexity index is 1440. The lowest BCUT2D eigenvalue weighted by molar-refractivity contribution is 0.0935. The number of aryl methyl sites for hydroxylation is 1. The van der Waals surface area contributed by atoms with Gasteiger partial charge in [-0.15, -0.1) is 0 Å². The van der Waals surface area contributed by atoms with Gasteiger partial charge in [0.1, 0.15) is 5.82 Å². The van der Waals surface area contributed by atoms with Crippen LogP contribution in [0.25, 0.3) is 11.6 Å². The minimum absolute atomic E-state index is 0.116. The van der Waals surface area contributed by atoms with Crippen LogP contribution in [-0.2, 0) is 0 Å². The summed E-state index contributed by atoms with van der Waals surface area (Å²) < 4.78 is 13.3. The molecule has 9 heteroatoms. The molecule has 2 aliphatic rings. The summed E-state index contributed by atoms with van der Waals surface area (Å²) in [7, 11) is 0. The highest BCUT2D eigenvalue weighted by Crippen LogP contribution is 2.37. The summed E-state index contributed by atoms with van der Waals surface area (Å²) >= 11 is 0. The van der Waals surface area contributed by atoms with Gasteiger partial charge in [-0.2, -0.15) is 0 Å². The van der Waals surface area contributed by atoms with Crippen molar-refractivity contribution in [2.24, 2.45) is 0 Å². The van der Waals surface area contributed by atoms with Crippen molar-refractivity contribution in [3.63, 3.8) is 0 Å². The number of aromatic nitrogens is 1. The predicted octanol–water partition coefficient (Wildman–Crippen LogP) is 4.37. The Kier molecular flexibility index (Phi) is 8.04. The van der Waals surface area contributed by atoms with Crippen molar-refractivity contribution in [3.8, 4) is 0 Å². The Balaban J connectivity index is 1.33. The molecule has 2 aromatic carbocycles. The predicted molar refractivity (Wildman–Crippen MR) is 154 cm³/mol. The number of carbonyl (C=O) groups is 2. The number of aliphatic hydroxyl groups is 1. The third-order valence-electron chi connectivity index (χ3n) is 7.81. The molecular formula is C31H36FN5O3. The minimum Gasteiger partial charge on any atom is -0.369 e. The number of carbonyl (C=O) groups excluding carboxylic acids is 2. The van der Waals surface area contributed by atoms with Gasteiger partial charge in [0.25, 0.3) is 11.8 Å². The number of nitrogens with one attached hydrogen (secondary N) is 4. The molecule has 0 spiro atoms. The van der Waals surface area contributed by atoms with E-state index in [1.165, 1.54) is 25.0 Å². The van der Waals surface area contributed by atoms with Gasteiger partial charge in [-0.05, 0) is 94.2 Å². The number of amides is 2. The van der Waals surface area contributed by atoms with Crippen LogP contribution >= 0.6 is 0 Å². The van der Waals surface area contributed by atoms with Gasteiger partial charge >= 0.3 is 0 Å². The molecule has 0 radical (unpaired) electrons. The van der Waals surface area contributed by atoms with Crippen molar-refractivity contribution < 1.29 is 19.1 Å². The topological polar surface area (TPSA) is 109 Å². The van der Waals surface area contributed by atoms with Gasteiger partial charge in [-0.1, -0.05) is 12.1 Å². The molecule has 3 heterocycles. The van der Waals surface area contributed by atoms with Crippen LogP contribution in [0, 0.1) is 19.7 Å². The Labute approximate surface area is 233 Å². The number of H-pyrrole nitrogens is 1. The highest BCUT2D eigenvalue weighted by Gasteiger charge is 2.27. The number of hydrogen-bond acceptors (Lipinski definition) is 5. The first-order chi connectivity index (χ1) is 19.2. The lowest BCUT2D eigenvalue weighted by Crippen LogP contribution is -2.33. The van der Waals surface area contributed by atoms with Crippen LogP contribution in [0.4, 0.5) is 10.1 Å². The van der Waals surface area contributed by atoms with E-state index >= 15 is 0 Å². The molecule has 8 nitrogen and oxygen atoms in total. The Morgan fingerprint density at radius 1 is 1.12 bits per heavy atom. The van der Waals surface area contributed by atoms with Crippen molar-refractivity contribution in [3.05, 3.63) is 87.5 Å². The van der Waals surface area contributed by atoms with Crippen molar-refractivity contribution >= 4 is 29.2 Å². The van der Waals surface area contributed by atoms with Crippen molar-refractivity contribution in [2.45, 2.75) is 45.9 Å². The summed E-state index contributed by atoms with van der Waals surface area (Å²) in [4.78, 5) is 31.7. The zero-order valence-corrected chi connectivity index (χ0v) is 23.1. The molecule has 40 heavy (non-hydrogen) atoms. The number of nitrogens with zero attached hydrogens (tertiary/aromatic N) is 1. The van der Waals surface area contributed by atoms with Crippen molar-refractivity contribution in [1.82, 2.24) is 20.5 Å². The normalized spacial score (nSPS) is 18.4. The van der Waals surface area contributed by atoms with E-state index in [2.05, 4.69) is 25.8 Å². The molecule has 1 fully saturated rings. The van der Waals surface area contributed by atoms with Gasteiger partial charge < -0.3 is 30.9 Å². The highest BCUT2D eigenvalue weighted by molar-refractivity contribution is 6.02. The van der Waals surface area contributed by atoms with E-state index in [0.29, 0.717) is 34.5 Å². The number of likely N-dealkylation sites (tertiary alicyclic amines) is 1. The van der Waals surface area contributed by atoms with Crippen LogP contribution in [0.15, 0.2) is 42.5 Å². The van der Waals surface area contributed by atoms with Crippen LogP contribution in [0.5, 0.6) is 0 Å². The summed E-state index contributed by atoms with van der Waals surface area (Å²) in [5.74, 6) is -0.723. The number of halogens is 1. The standard InChI is InChI=1S/C31H36FN5O3/c1-18-27(34-20(3)28(18)31(40)33-12-15-37-13-4-5-14-37)17-25-24-16-22(8-11-26(24)36-30(25)39)29(38)35-19(2)21-6-9-23(32)10-7-21/h6-11,16-17,19,30,34,36,39H,4-5,12-15H2,1-3H3,(H,33,40)(H,35,38). The average molecular weight is 546 g/mol. The van der Waals surface area contributed by atoms with Crippen molar-refractivity contribution in [2.75, 3.05) is 31.5 Å². The molecule has 210 valence electrons. The second-order valence-electron chi connectivity index (χ2n) is 10.6. The van der Waals surface area contributed by atoms with Crippen LogP contribution < -0.4 is 16.0 Å². The first-order valence-corrected chi connectivity index (χ1v) is 13.8. The lowest BCUT2D eigenvalue weighted by atomic mass is 10.0. The van der Waals surface area contributed by atoms with Crippen LogP contribution in [-0.4, -0.2) is 59.2 Å². The number of anilines is 1. The second kappa shape index (κ2) is 11.7. The smallest absolute Gasteiger partial charge is 0.253 e. The molecule has 2 unspecified atom stereocenters. The largest absolute Gasteiger partial charge is 0.369 e. The molecule has 5 N–H and O–H groups in total. The molecule has 2 aliphatic heterocycles. The van der Waals surface area contributed by atoms with Gasteiger partial charge in [-0.3, -0.25) is 9.59 Å².